The zero-order valence-corrected chi connectivity index (χ0v) is 11.0. The van der Waals surface area contributed by atoms with Crippen LogP contribution in [0, 0.1) is 12.8 Å². The minimum Gasteiger partial charge on any atom is -0.448 e. The summed E-state index contributed by atoms with van der Waals surface area (Å²) in [6.45, 7) is 2.50. The smallest absolute Gasteiger partial charge is 0.404 e. The third-order valence-corrected chi connectivity index (χ3v) is 4.03. The fourth-order valence-corrected chi connectivity index (χ4v) is 2.96. The molecular formula is C12H16N2O3S. The van der Waals surface area contributed by atoms with Crippen molar-refractivity contribution in [3.05, 3.63) is 21.9 Å². The van der Waals surface area contributed by atoms with E-state index in [1.807, 2.05) is 0 Å². The topological polar surface area (TPSA) is 81.4 Å². The number of nitrogens with one attached hydrogen (secondary N) is 1. The number of ether oxygens (including phenoxy) is 1. The third kappa shape index (κ3) is 3.22. The summed E-state index contributed by atoms with van der Waals surface area (Å²) in [7, 11) is 0. The first kappa shape index (κ1) is 12.9. The molecule has 2 rings (SSSR count). The summed E-state index contributed by atoms with van der Waals surface area (Å²) in [4.78, 5) is 24.6. The number of carbonyl (C=O) groups excluding carboxylic acids is 2. The molecule has 1 saturated carbocycles. The molecular weight excluding hydrogens is 252 g/mol. The molecule has 1 aromatic heterocycles. The maximum atomic E-state index is 11.8. The summed E-state index contributed by atoms with van der Waals surface area (Å²) < 4.78 is 4.53. The van der Waals surface area contributed by atoms with Crippen LogP contribution in [0.25, 0.3) is 0 Å². The van der Waals surface area contributed by atoms with Crippen LogP contribution in [0.1, 0.15) is 22.1 Å². The van der Waals surface area contributed by atoms with E-state index in [0.29, 0.717) is 12.5 Å². The monoisotopic (exact) mass is 268 g/mol. The van der Waals surface area contributed by atoms with Crippen molar-refractivity contribution in [1.82, 2.24) is 5.32 Å². The van der Waals surface area contributed by atoms with E-state index in [-0.39, 0.29) is 18.4 Å². The van der Waals surface area contributed by atoms with Crippen LogP contribution in [-0.4, -0.2) is 25.2 Å². The van der Waals surface area contributed by atoms with Gasteiger partial charge in [-0.2, -0.15) is 0 Å². The molecule has 0 aliphatic heterocycles. The molecule has 0 aromatic carbocycles. The molecule has 98 valence electrons. The van der Waals surface area contributed by atoms with Gasteiger partial charge in [-0.3, -0.25) is 4.79 Å². The number of nitrogens with two attached hydrogens (primary N) is 1. The van der Waals surface area contributed by atoms with Crippen molar-refractivity contribution >= 4 is 23.3 Å². The SMILES string of the molecule is Cc1ccc([C@H]2C[C@@H]2C(=O)NCCOC(N)=O)s1. The largest absolute Gasteiger partial charge is 0.448 e. The van der Waals surface area contributed by atoms with Gasteiger partial charge in [-0.15, -0.1) is 11.3 Å². The summed E-state index contributed by atoms with van der Waals surface area (Å²) in [6.07, 6.45) is 0.0882. The van der Waals surface area contributed by atoms with Gasteiger partial charge >= 0.3 is 6.09 Å². The fraction of sp³-hybridized carbons (Fsp3) is 0.500. The van der Waals surface area contributed by atoms with Crippen LogP contribution in [0.15, 0.2) is 12.1 Å². The third-order valence-electron chi connectivity index (χ3n) is 2.90. The lowest BCUT2D eigenvalue weighted by Gasteiger charge is -2.04. The molecule has 0 saturated heterocycles. The summed E-state index contributed by atoms with van der Waals surface area (Å²) in [5.41, 5.74) is 4.81. The molecule has 0 unspecified atom stereocenters. The normalized spacial score (nSPS) is 21.4. The molecule has 1 aliphatic carbocycles. The predicted molar refractivity (Wildman–Crippen MR) is 68.4 cm³/mol. The minimum atomic E-state index is -0.817. The lowest BCUT2D eigenvalue weighted by molar-refractivity contribution is -0.122. The minimum absolute atomic E-state index is 0.0270. The molecule has 3 N–H and O–H groups in total. The molecule has 0 spiro atoms. The van der Waals surface area contributed by atoms with Crippen LogP contribution >= 0.6 is 11.3 Å². The van der Waals surface area contributed by atoms with E-state index in [4.69, 9.17) is 5.73 Å². The van der Waals surface area contributed by atoms with Crippen molar-refractivity contribution in [2.24, 2.45) is 11.7 Å². The van der Waals surface area contributed by atoms with Crippen LogP contribution in [0.3, 0.4) is 0 Å². The van der Waals surface area contributed by atoms with Crippen molar-refractivity contribution < 1.29 is 14.3 Å². The number of aryl methyl sites for hydroxylation is 1. The van der Waals surface area contributed by atoms with Crippen molar-refractivity contribution in [3.63, 3.8) is 0 Å². The van der Waals surface area contributed by atoms with Crippen molar-refractivity contribution in [1.29, 1.82) is 0 Å². The second-order valence-corrected chi connectivity index (χ2v) is 5.68. The number of carbonyl (C=O) groups is 2. The number of hydrogen-bond acceptors (Lipinski definition) is 4. The van der Waals surface area contributed by atoms with E-state index in [0.717, 1.165) is 6.42 Å². The first-order chi connectivity index (χ1) is 8.58. The Morgan fingerprint density at radius 3 is 2.94 bits per heavy atom. The fourth-order valence-electron chi connectivity index (χ4n) is 1.91. The van der Waals surface area contributed by atoms with E-state index in [1.165, 1.54) is 9.75 Å². The second kappa shape index (κ2) is 5.39. The highest BCUT2D eigenvalue weighted by molar-refractivity contribution is 7.12. The number of amides is 2. The van der Waals surface area contributed by atoms with Gasteiger partial charge in [0.05, 0.1) is 6.54 Å². The summed E-state index contributed by atoms with van der Waals surface area (Å²) in [5, 5.41) is 2.74. The lowest BCUT2D eigenvalue weighted by Crippen LogP contribution is -2.30. The van der Waals surface area contributed by atoms with E-state index >= 15 is 0 Å². The molecule has 1 aliphatic rings. The van der Waals surface area contributed by atoms with Gasteiger partial charge < -0.3 is 15.8 Å². The van der Waals surface area contributed by atoms with Crippen molar-refractivity contribution in [2.45, 2.75) is 19.3 Å². The molecule has 2 amide bonds. The Morgan fingerprint density at radius 2 is 2.33 bits per heavy atom. The van der Waals surface area contributed by atoms with Gasteiger partial charge in [0.15, 0.2) is 0 Å². The standard InChI is InChI=1S/C12H16N2O3S/c1-7-2-3-10(18-7)8-6-9(8)11(15)14-4-5-17-12(13)16/h2-3,8-9H,4-6H2,1H3,(H2,13,16)(H,14,15)/t8-,9-/m0/s1. The second-order valence-electron chi connectivity index (χ2n) is 4.36. The molecule has 0 bridgehead atoms. The first-order valence-corrected chi connectivity index (χ1v) is 6.66. The maximum Gasteiger partial charge on any atom is 0.404 e. The average molecular weight is 268 g/mol. The Morgan fingerprint density at radius 1 is 1.56 bits per heavy atom. The molecule has 0 radical (unpaired) electrons. The molecule has 5 nitrogen and oxygen atoms in total. The molecule has 1 aromatic rings. The van der Waals surface area contributed by atoms with E-state index in [2.05, 4.69) is 29.1 Å². The van der Waals surface area contributed by atoms with Gasteiger partial charge in [0, 0.05) is 21.6 Å². The van der Waals surface area contributed by atoms with Gasteiger partial charge in [-0.1, -0.05) is 0 Å². The Kier molecular flexibility index (Phi) is 3.86. The zero-order chi connectivity index (χ0) is 13.1. The Hall–Kier alpha value is -1.56. The lowest BCUT2D eigenvalue weighted by atomic mass is 10.2. The highest BCUT2D eigenvalue weighted by Gasteiger charge is 2.44. The Labute approximate surface area is 109 Å². The average Bonchev–Trinajstić information content (AvgIpc) is 3.00. The van der Waals surface area contributed by atoms with Gasteiger partial charge in [0.2, 0.25) is 5.91 Å². The van der Waals surface area contributed by atoms with Crippen LogP contribution in [0.2, 0.25) is 0 Å². The van der Waals surface area contributed by atoms with Gasteiger partial charge in [-0.05, 0) is 25.5 Å². The highest BCUT2D eigenvalue weighted by Crippen LogP contribution is 2.49. The number of hydrogen-bond donors (Lipinski definition) is 2. The maximum absolute atomic E-state index is 11.8. The predicted octanol–water partition coefficient (Wildman–Crippen LogP) is 1.37. The zero-order valence-electron chi connectivity index (χ0n) is 10.1. The number of thiophene rings is 1. The Balaban J connectivity index is 1.71. The van der Waals surface area contributed by atoms with E-state index in [1.54, 1.807) is 11.3 Å². The number of rotatable bonds is 5. The van der Waals surface area contributed by atoms with Crippen LogP contribution in [0.4, 0.5) is 4.79 Å². The van der Waals surface area contributed by atoms with Crippen molar-refractivity contribution in [2.75, 3.05) is 13.2 Å². The summed E-state index contributed by atoms with van der Waals surface area (Å²) >= 11 is 1.75. The van der Waals surface area contributed by atoms with Gasteiger partial charge in [-0.25, -0.2) is 4.79 Å². The molecule has 6 heteroatoms. The van der Waals surface area contributed by atoms with Crippen molar-refractivity contribution in [3.8, 4) is 0 Å². The van der Waals surface area contributed by atoms with Gasteiger partial charge in [0.1, 0.15) is 6.61 Å². The Bertz CT molecular complexity index is 458. The number of primary amides is 1. The molecule has 18 heavy (non-hydrogen) atoms. The summed E-state index contributed by atoms with van der Waals surface area (Å²) in [6, 6.07) is 4.17. The van der Waals surface area contributed by atoms with E-state index < -0.39 is 6.09 Å². The molecule has 1 fully saturated rings. The first-order valence-electron chi connectivity index (χ1n) is 5.84. The quantitative estimate of drug-likeness (QED) is 0.791. The van der Waals surface area contributed by atoms with Crippen LogP contribution in [0.5, 0.6) is 0 Å². The van der Waals surface area contributed by atoms with Crippen LogP contribution < -0.4 is 11.1 Å². The van der Waals surface area contributed by atoms with Gasteiger partial charge in [0.25, 0.3) is 0 Å². The highest BCUT2D eigenvalue weighted by atomic mass is 32.1. The van der Waals surface area contributed by atoms with Crippen LogP contribution in [-0.2, 0) is 9.53 Å². The molecule has 1 heterocycles. The summed E-state index contributed by atoms with van der Waals surface area (Å²) in [5.74, 6) is 0.455. The van der Waals surface area contributed by atoms with E-state index in [9.17, 15) is 9.59 Å². The molecule has 2 atom stereocenters.